The molecular formula is C17H17N5O4S2. The van der Waals surface area contributed by atoms with Gasteiger partial charge in [-0.15, -0.1) is 11.3 Å². The van der Waals surface area contributed by atoms with Crippen LogP contribution in [0.1, 0.15) is 19.3 Å². The van der Waals surface area contributed by atoms with E-state index in [-0.39, 0.29) is 36.0 Å². The lowest BCUT2D eigenvalue weighted by atomic mass is 10.1. The molecule has 0 spiro atoms. The van der Waals surface area contributed by atoms with E-state index in [1.807, 2.05) is 11.4 Å². The van der Waals surface area contributed by atoms with E-state index >= 15 is 0 Å². The third kappa shape index (κ3) is 3.94. The molecular weight excluding hydrogens is 402 g/mol. The van der Waals surface area contributed by atoms with Gasteiger partial charge in [-0.3, -0.25) is 19.9 Å². The van der Waals surface area contributed by atoms with Crippen molar-refractivity contribution in [3.8, 4) is 11.3 Å². The van der Waals surface area contributed by atoms with E-state index in [1.165, 1.54) is 16.3 Å². The van der Waals surface area contributed by atoms with Crippen molar-refractivity contribution in [1.29, 1.82) is 0 Å². The van der Waals surface area contributed by atoms with Crippen LogP contribution in [0.3, 0.4) is 0 Å². The zero-order chi connectivity index (χ0) is 19.7. The molecule has 0 aromatic carbocycles. The molecule has 2 aromatic rings. The maximum absolute atomic E-state index is 12.6. The molecule has 4 rings (SSSR count). The lowest BCUT2D eigenvalue weighted by Crippen LogP contribution is -2.42. The Kier molecular flexibility index (Phi) is 4.94. The predicted molar refractivity (Wildman–Crippen MR) is 105 cm³/mol. The molecule has 0 unspecified atom stereocenters. The first-order valence-electron chi connectivity index (χ1n) is 8.68. The SMILES string of the molecule is O=C(Nc1nc(-c2cccnc2)cs1)C1=NN([C@@H]2CCS(=O)(=O)C2)C(=O)CC1. The number of amides is 2. The first kappa shape index (κ1) is 18.7. The normalized spacial score (nSPS) is 21.4. The number of nitrogens with zero attached hydrogens (tertiary/aromatic N) is 4. The van der Waals surface area contributed by atoms with Gasteiger partial charge in [0, 0.05) is 36.2 Å². The van der Waals surface area contributed by atoms with Crippen molar-refractivity contribution in [3.63, 3.8) is 0 Å². The number of carbonyl (C=O) groups is 2. The molecule has 0 radical (unpaired) electrons. The monoisotopic (exact) mass is 419 g/mol. The highest BCUT2D eigenvalue weighted by Gasteiger charge is 2.37. The molecule has 28 heavy (non-hydrogen) atoms. The summed E-state index contributed by atoms with van der Waals surface area (Å²) in [5.74, 6) is -0.774. The smallest absolute Gasteiger partial charge is 0.273 e. The summed E-state index contributed by atoms with van der Waals surface area (Å²) in [5.41, 5.74) is 1.74. The Morgan fingerprint density at radius 2 is 2.18 bits per heavy atom. The van der Waals surface area contributed by atoms with Crippen molar-refractivity contribution < 1.29 is 18.0 Å². The van der Waals surface area contributed by atoms with Crippen LogP contribution in [0, 0.1) is 0 Å². The van der Waals surface area contributed by atoms with Crippen LogP contribution in [0.4, 0.5) is 5.13 Å². The highest BCUT2D eigenvalue weighted by molar-refractivity contribution is 7.91. The second-order valence-electron chi connectivity index (χ2n) is 6.58. The Morgan fingerprint density at radius 3 is 2.89 bits per heavy atom. The van der Waals surface area contributed by atoms with Gasteiger partial charge in [0.05, 0.1) is 23.2 Å². The average Bonchev–Trinajstić information content (AvgIpc) is 3.29. The van der Waals surface area contributed by atoms with Crippen molar-refractivity contribution in [2.24, 2.45) is 5.10 Å². The highest BCUT2D eigenvalue weighted by Crippen LogP contribution is 2.25. The van der Waals surface area contributed by atoms with Crippen molar-refractivity contribution in [1.82, 2.24) is 15.0 Å². The molecule has 0 saturated carbocycles. The maximum Gasteiger partial charge on any atom is 0.273 e. The van der Waals surface area contributed by atoms with Crippen molar-refractivity contribution in [3.05, 3.63) is 29.9 Å². The van der Waals surface area contributed by atoms with Gasteiger partial charge in [0.1, 0.15) is 5.71 Å². The number of nitrogens with one attached hydrogen (secondary N) is 1. The topological polar surface area (TPSA) is 122 Å². The molecule has 2 aliphatic rings. The molecule has 1 N–H and O–H groups in total. The van der Waals surface area contributed by atoms with Crippen molar-refractivity contribution >= 4 is 43.8 Å². The van der Waals surface area contributed by atoms with Crippen molar-refractivity contribution in [2.75, 3.05) is 16.8 Å². The number of anilines is 1. The van der Waals surface area contributed by atoms with Crippen LogP contribution >= 0.6 is 11.3 Å². The third-order valence-electron chi connectivity index (χ3n) is 4.56. The van der Waals surface area contributed by atoms with Gasteiger partial charge in [-0.05, 0) is 18.6 Å². The third-order valence-corrected chi connectivity index (χ3v) is 7.07. The summed E-state index contributed by atoms with van der Waals surface area (Å²) in [6, 6.07) is 3.17. The fourth-order valence-electron chi connectivity index (χ4n) is 3.14. The first-order valence-corrected chi connectivity index (χ1v) is 11.4. The number of hydrazone groups is 1. The quantitative estimate of drug-likeness (QED) is 0.797. The molecule has 2 amide bonds. The summed E-state index contributed by atoms with van der Waals surface area (Å²) in [5, 5.41) is 10.3. The largest absolute Gasteiger partial charge is 0.297 e. The van der Waals surface area contributed by atoms with Crippen molar-refractivity contribution in [2.45, 2.75) is 25.3 Å². The summed E-state index contributed by atoms with van der Waals surface area (Å²) in [7, 11) is -3.16. The molecule has 1 atom stereocenters. The molecule has 0 aliphatic carbocycles. The molecule has 2 aromatic heterocycles. The Labute approximate surface area is 165 Å². The number of aromatic nitrogens is 2. The standard InChI is InChI=1S/C17H17N5O4S2/c23-15-4-3-13(21-22(15)12-5-7-28(25,26)10-12)16(24)20-17-19-14(9-27-17)11-2-1-6-18-8-11/h1-2,6,8-9,12H,3-5,7,10H2,(H,19,20,24)/t12-/m1/s1. The number of hydrogen-bond acceptors (Lipinski definition) is 8. The number of sulfone groups is 1. The van der Waals surface area contributed by atoms with E-state index in [0.717, 1.165) is 5.56 Å². The number of pyridine rings is 1. The molecule has 0 bridgehead atoms. The van der Waals surface area contributed by atoms with Gasteiger partial charge < -0.3 is 0 Å². The molecule has 9 nitrogen and oxygen atoms in total. The molecule has 146 valence electrons. The molecule has 1 saturated heterocycles. The van der Waals surface area contributed by atoms with E-state index in [0.29, 0.717) is 17.2 Å². The van der Waals surface area contributed by atoms with Gasteiger partial charge in [-0.2, -0.15) is 5.10 Å². The van der Waals surface area contributed by atoms with Gasteiger partial charge >= 0.3 is 0 Å². The Balaban J connectivity index is 1.48. The van der Waals surface area contributed by atoms with E-state index in [9.17, 15) is 18.0 Å². The predicted octanol–water partition coefficient (Wildman–Crippen LogP) is 1.31. The zero-order valence-electron chi connectivity index (χ0n) is 14.7. The minimum atomic E-state index is -3.16. The van der Waals surface area contributed by atoms with Crippen LogP contribution in [0.15, 0.2) is 35.0 Å². The Morgan fingerprint density at radius 1 is 1.32 bits per heavy atom. The van der Waals surface area contributed by atoms with E-state index in [4.69, 9.17) is 0 Å². The fraction of sp³-hybridized carbons (Fsp3) is 0.353. The number of rotatable bonds is 4. The minimum absolute atomic E-state index is 0.0364. The summed E-state index contributed by atoms with van der Waals surface area (Å²) < 4.78 is 23.4. The number of thiazole rings is 1. The molecule has 11 heteroatoms. The van der Waals surface area contributed by atoms with Crippen LogP contribution in [0.5, 0.6) is 0 Å². The Bertz CT molecular complexity index is 1050. The lowest BCUT2D eigenvalue weighted by molar-refractivity contribution is -0.133. The van der Waals surface area contributed by atoms with Crippen LogP contribution in [0.2, 0.25) is 0 Å². The van der Waals surface area contributed by atoms with Gasteiger partial charge in [0.15, 0.2) is 15.0 Å². The van der Waals surface area contributed by atoms with Gasteiger partial charge in [-0.1, -0.05) is 0 Å². The first-order chi connectivity index (χ1) is 13.4. The average molecular weight is 419 g/mol. The van der Waals surface area contributed by atoms with E-state index in [2.05, 4.69) is 20.4 Å². The van der Waals surface area contributed by atoms with Crippen LogP contribution < -0.4 is 5.32 Å². The van der Waals surface area contributed by atoms with E-state index in [1.54, 1.807) is 18.5 Å². The Hall–Kier alpha value is -2.66. The highest BCUT2D eigenvalue weighted by atomic mass is 32.2. The van der Waals surface area contributed by atoms with Crippen LogP contribution in [0.25, 0.3) is 11.3 Å². The zero-order valence-corrected chi connectivity index (χ0v) is 16.4. The maximum atomic E-state index is 12.6. The summed E-state index contributed by atoms with van der Waals surface area (Å²) >= 11 is 1.28. The van der Waals surface area contributed by atoms with Crippen LogP contribution in [-0.4, -0.2) is 58.5 Å². The fourth-order valence-corrected chi connectivity index (χ4v) is 5.54. The molecule has 4 heterocycles. The summed E-state index contributed by atoms with van der Waals surface area (Å²) in [4.78, 5) is 33.1. The lowest BCUT2D eigenvalue weighted by Gasteiger charge is -2.27. The summed E-state index contributed by atoms with van der Waals surface area (Å²) in [6.07, 6.45) is 4.03. The second kappa shape index (κ2) is 7.40. The van der Waals surface area contributed by atoms with Gasteiger partial charge in [0.2, 0.25) is 5.91 Å². The summed E-state index contributed by atoms with van der Waals surface area (Å²) in [6.45, 7) is 0. The minimum Gasteiger partial charge on any atom is -0.297 e. The van der Waals surface area contributed by atoms with Crippen LogP contribution in [-0.2, 0) is 19.4 Å². The molecule has 2 aliphatic heterocycles. The van der Waals surface area contributed by atoms with Gasteiger partial charge in [-0.25, -0.2) is 18.4 Å². The number of hydrogen-bond donors (Lipinski definition) is 1. The van der Waals surface area contributed by atoms with Gasteiger partial charge in [0.25, 0.3) is 5.91 Å². The molecule has 1 fully saturated rings. The second-order valence-corrected chi connectivity index (χ2v) is 9.66. The van der Waals surface area contributed by atoms with E-state index < -0.39 is 21.8 Å². The number of carbonyl (C=O) groups excluding carboxylic acids is 2.